The fourth-order valence-corrected chi connectivity index (χ4v) is 4.14. The van der Waals surface area contributed by atoms with Gasteiger partial charge in [0, 0.05) is 17.3 Å². The van der Waals surface area contributed by atoms with Gasteiger partial charge in [-0.15, -0.1) is 0 Å². The number of rotatable bonds is 5. The van der Waals surface area contributed by atoms with Crippen molar-refractivity contribution < 1.29 is 19.7 Å². The highest BCUT2D eigenvalue weighted by molar-refractivity contribution is 5.13. The van der Waals surface area contributed by atoms with Crippen LogP contribution < -0.4 is 0 Å². The zero-order valence-corrected chi connectivity index (χ0v) is 11.2. The van der Waals surface area contributed by atoms with Gasteiger partial charge < -0.3 is 19.7 Å². The molecule has 1 aliphatic heterocycles. The third-order valence-corrected chi connectivity index (χ3v) is 5.50. The molecule has 4 nitrogen and oxygen atoms in total. The van der Waals surface area contributed by atoms with Gasteiger partial charge in [0.25, 0.3) is 0 Å². The van der Waals surface area contributed by atoms with Gasteiger partial charge in [-0.2, -0.15) is 0 Å². The Bertz CT molecular complexity index is 313. The fourth-order valence-electron chi connectivity index (χ4n) is 4.14. The van der Waals surface area contributed by atoms with Crippen LogP contribution in [0.4, 0.5) is 0 Å². The zero-order valence-electron chi connectivity index (χ0n) is 11.2. The Morgan fingerprint density at radius 1 is 1.44 bits per heavy atom. The molecule has 1 heterocycles. The summed E-state index contributed by atoms with van der Waals surface area (Å²) in [4.78, 5) is 0. The van der Waals surface area contributed by atoms with E-state index in [1.807, 2.05) is 13.8 Å². The number of aliphatic hydroxyl groups excluding tert-OH is 2. The van der Waals surface area contributed by atoms with E-state index in [1.54, 1.807) is 0 Å². The van der Waals surface area contributed by atoms with Crippen molar-refractivity contribution in [3.8, 4) is 0 Å². The van der Waals surface area contributed by atoms with E-state index in [1.165, 1.54) is 12.8 Å². The van der Waals surface area contributed by atoms with Crippen LogP contribution in [0.3, 0.4) is 0 Å². The van der Waals surface area contributed by atoms with Crippen molar-refractivity contribution in [2.45, 2.75) is 58.2 Å². The highest BCUT2D eigenvalue weighted by Crippen LogP contribution is 2.68. The number of aliphatic hydroxyl groups is 2. The Morgan fingerprint density at radius 2 is 2.17 bits per heavy atom. The average Bonchev–Trinajstić information content (AvgIpc) is 2.93. The molecule has 5 unspecified atom stereocenters. The van der Waals surface area contributed by atoms with Crippen molar-refractivity contribution in [3.63, 3.8) is 0 Å². The molecule has 0 radical (unpaired) electrons. The Hall–Kier alpha value is -0.160. The molecule has 3 saturated carbocycles. The van der Waals surface area contributed by atoms with Gasteiger partial charge >= 0.3 is 0 Å². The zero-order chi connectivity index (χ0) is 12.9. The molecule has 2 bridgehead atoms. The van der Waals surface area contributed by atoms with E-state index in [4.69, 9.17) is 9.47 Å². The van der Waals surface area contributed by atoms with Crippen molar-refractivity contribution >= 4 is 0 Å². The highest BCUT2D eigenvalue weighted by Gasteiger charge is 2.67. The minimum Gasteiger partial charge on any atom is -0.368 e. The van der Waals surface area contributed by atoms with Crippen LogP contribution in [0.1, 0.15) is 39.5 Å². The highest BCUT2D eigenvalue weighted by atomic mass is 16.6. The SMILES string of the molecule is CCC(C)C(O)OCC1OC(O)C2CC3CC12C3. The van der Waals surface area contributed by atoms with Crippen LogP contribution in [0, 0.1) is 23.2 Å². The first-order valence-corrected chi connectivity index (χ1v) is 7.20. The van der Waals surface area contributed by atoms with Crippen molar-refractivity contribution in [1.29, 1.82) is 0 Å². The topological polar surface area (TPSA) is 58.9 Å². The molecule has 1 spiro atoms. The predicted octanol–water partition coefficient (Wildman–Crippen LogP) is 1.50. The van der Waals surface area contributed by atoms with Gasteiger partial charge in [0.1, 0.15) is 0 Å². The lowest BCUT2D eigenvalue weighted by atomic mass is 9.64. The predicted molar refractivity (Wildman–Crippen MR) is 65.6 cm³/mol. The van der Waals surface area contributed by atoms with E-state index in [9.17, 15) is 10.2 Å². The first kappa shape index (κ1) is 12.9. The summed E-state index contributed by atoms with van der Waals surface area (Å²) in [6, 6.07) is 0. The van der Waals surface area contributed by atoms with E-state index in [-0.39, 0.29) is 17.4 Å². The summed E-state index contributed by atoms with van der Waals surface area (Å²) >= 11 is 0. The molecule has 4 aliphatic rings. The third-order valence-electron chi connectivity index (χ3n) is 5.50. The minimum atomic E-state index is -0.719. The van der Waals surface area contributed by atoms with E-state index in [2.05, 4.69) is 0 Å². The normalized spacial score (nSPS) is 48.7. The molecule has 4 fully saturated rings. The van der Waals surface area contributed by atoms with Crippen LogP contribution in [0.25, 0.3) is 0 Å². The Morgan fingerprint density at radius 3 is 2.83 bits per heavy atom. The quantitative estimate of drug-likeness (QED) is 0.732. The average molecular weight is 256 g/mol. The summed E-state index contributed by atoms with van der Waals surface area (Å²) in [5, 5.41) is 19.8. The van der Waals surface area contributed by atoms with Crippen LogP contribution in [-0.2, 0) is 9.47 Å². The Labute approximate surface area is 108 Å². The molecule has 3 aliphatic carbocycles. The molecule has 18 heavy (non-hydrogen) atoms. The molecule has 2 N–H and O–H groups in total. The first-order valence-electron chi connectivity index (χ1n) is 7.20. The van der Waals surface area contributed by atoms with Crippen LogP contribution in [-0.4, -0.2) is 35.5 Å². The van der Waals surface area contributed by atoms with Crippen molar-refractivity contribution in [2.75, 3.05) is 6.61 Å². The summed E-state index contributed by atoms with van der Waals surface area (Å²) in [5.74, 6) is 1.23. The van der Waals surface area contributed by atoms with E-state index < -0.39 is 12.6 Å². The van der Waals surface area contributed by atoms with Gasteiger partial charge in [0.05, 0.1) is 12.7 Å². The largest absolute Gasteiger partial charge is 0.368 e. The van der Waals surface area contributed by atoms with Crippen molar-refractivity contribution in [2.24, 2.45) is 23.2 Å². The maximum absolute atomic E-state index is 9.94. The summed E-state index contributed by atoms with van der Waals surface area (Å²) in [6.07, 6.45) is 2.96. The van der Waals surface area contributed by atoms with Gasteiger partial charge in [-0.1, -0.05) is 13.8 Å². The molecule has 0 amide bonds. The number of hydrogen-bond donors (Lipinski definition) is 2. The summed E-state index contributed by atoms with van der Waals surface area (Å²) in [5.41, 5.74) is 0.152. The minimum absolute atomic E-state index is 0.0324. The van der Waals surface area contributed by atoms with Gasteiger partial charge in [0.15, 0.2) is 12.6 Å². The molecule has 0 aromatic carbocycles. The van der Waals surface area contributed by atoms with Gasteiger partial charge in [-0.05, 0) is 31.6 Å². The Balaban J connectivity index is 1.58. The van der Waals surface area contributed by atoms with Crippen LogP contribution in [0.15, 0.2) is 0 Å². The maximum atomic E-state index is 9.94. The number of ether oxygens (including phenoxy) is 2. The van der Waals surface area contributed by atoms with Crippen molar-refractivity contribution in [3.05, 3.63) is 0 Å². The molecular formula is C14H24O4. The van der Waals surface area contributed by atoms with Gasteiger partial charge in [-0.3, -0.25) is 0 Å². The summed E-state index contributed by atoms with van der Waals surface area (Å²) < 4.78 is 11.2. The molecule has 4 rings (SSSR count). The van der Waals surface area contributed by atoms with Crippen molar-refractivity contribution in [1.82, 2.24) is 0 Å². The second kappa shape index (κ2) is 4.44. The summed E-state index contributed by atoms with van der Waals surface area (Å²) in [6.45, 7) is 4.42. The van der Waals surface area contributed by atoms with Crippen LogP contribution in [0.2, 0.25) is 0 Å². The molecular weight excluding hydrogens is 232 g/mol. The fraction of sp³-hybridized carbons (Fsp3) is 1.00. The molecule has 5 atom stereocenters. The first-order chi connectivity index (χ1) is 8.56. The Kier molecular flexibility index (Phi) is 3.17. The van der Waals surface area contributed by atoms with Gasteiger partial charge in [0.2, 0.25) is 0 Å². The lowest BCUT2D eigenvalue weighted by Crippen LogP contribution is -2.43. The second-order valence-electron chi connectivity index (χ2n) is 6.47. The van der Waals surface area contributed by atoms with E-state index >= 15 is 0 Å². The summed E-state index contributed by atoms with van der Waals surface area (Å²) in [7, 11) is 0. The molecule has 104 valence electrons. The van der Waals surface area contributed by atoms with Crippen LogP contribution in [0.5, 0.6) is 0 Å². The third kappa shape index (κ3) is 1.73. The lowest BCUT2D eigenvalue weighted by molar-refractivity contribution is -0.186. The maximum Gasteiger partial charge on any atom is 0.158 e. The lowest BCUT2D eigenvalue weighted by Gasteiger charge is -2.41. The standard InChI is InChI=1S/C14H24O4/c1-3-8(2)12(15)17-7-11-14-5-9(6-14)4-10(14)13(16)18-11/h8-13,15-16H,3-7H2,1-2H3. The van der Waals surface area contributed by atoms with E-state index in [0.29, 0.717) is 12.5 Å². The molecule has 4 heteroatoms. The molecule has 0 aromatic heterocycles. The number of hydrogen-bond acceptors (Lipinski definition) is 4. The second-order valence-corrected chi connectivity index (χ2v) is 6.47. The smallest absolute Gasteiger partial charge is 0.158 e. The van der Waals surface area contributed by atoms with E-state index in [0.717, 1.165) is 18.8 Å². The monoisotopic (exact) mass is 256 g/mol. The van der Waals surface area contributed by atoms with Gasteiger partial charge in [-0.25, -0.2) is 0 Å². The molecule has 1 saturated heterocycles. The molecule has 0 aromatic rings. The van der Waals surface area contributed by atoms with Crippen LogP contribution >= 0.6 is 0 Å².